The van der Waals surface area contributed by atoms with Gasteiger partial charge in [-0.15, -0.1) is 0 Å². The smallest absolute Gasteiger partial charge is 0.416 e. The van der Waals surface area contributed by atoms with E-state index in [0.717, 1.165) is 6.07 Å². The number of benzene rings is 1. The lowest BCUT2D eigenvalue weighted by Crippen LogP contribution is -2.16. The molecular weight excluding hydrogens is 251 g/mol. The van der Waals surface area contributed by atoms with E-state index in [1.807, 2.05) is 0 Å². The largest absolute Gasteiger partial charge is 0.479 e. The number of carboxylic acids is 1. The van der Waals surface area contributed by atoms with Crippen LogP contribution in [-0.2, 0) is 11.0 Å². The standard InChI is InChI=1S/C11H12F3NO3/c1-15(2)8-4-6(9(16)10(17)18)3-7(5-8)11(12,13)14/h3-5,9,16H,1-2H3,(H,17,18)/t9-/m0/s1. The zero-order chi connectivity index (χ0) is 14.1. The summed E-state index contributed by atoms with van der Waals surface area (Å²) in [4.78, 5) is 12.0. The molecule has 7 heteroatoms. The molecule has 1 aromatic carbocycles. The lowest BCUT2D eigenvalue weighted by atomic mass is 10.0. The highest BCUT2D eigenvalue weighted by Crippen LogP contribution is 2.34. The normalized spacial score (nSPS) is 13.2. The third-order valence-electron chi connectivity index (χ3n) is 2.33. The minimum absolute atomic E-state index is 0.167. The van der Waals surface area contributed by atoms with Crippen LogP contribution in [0.1, 0.15) is 17.2 Å². The molecule has 0 unspecified atom stereocenters. The molecule has 1 atom stereocenters. The van der Waals surface area contributed by atoms with Crippen LogP contribution >= 0.6 is 0 Å². The van der Waals surface area contributed by atoms with E-state index in [1.165, 1.54) is 25.1 Å². The third-order valence-corrected chi connectivity index (χ3v) is 2.33. The van der Waals surface area contributed by atoms with Gasteiger partial charge in [0.15, 0.2) is 6.10 Å². The van der Waals surface area contributed by atoms with Gasteiger partial charge in [-0.3, -0.25) is 0 Å². The highest BCUT2D eigenvalue weighted by atomic mass is 19.4. The van der Waals surface area contributed by atoms with Crippen molar-refractivity contribution in [1.29, 1.82) is 0 Å². The number of hydrogen-bond donors (Lipinski definition) is 2. The van der Waals surface area contributed by atoms with E-state index < -0.39 is 23.8 Å². The number of carboxylic acid groups (broad SMARTS) is 1. The maximum Gasteiger partial charge on any atom is 0.416 e. The molecule has 1 aromatic rings. The zero-order valence-corrected chi connectivity index (χ0v) is 9.69. The topological polar surface area (TPSA) is 60.8 Å². The number of alkyl halides is 3. The zero-order valence-electron chi connectivity index (χ0n) is 9.69. The number of aliphatic carboxylic acids is 1. The molecule has 0 heterocycles. The second-order valence-electron chi connectivity index (χ2n) is 3.95. The minimum Gasteiger partial charge on any atom is -0.479 e. The molecule has 2 N–H and O–H groups in total. The Morgan fingerprint density at radius 3 is 2.22 bits per heavy atom. The number of aliphatic hydroxyl groups is 1. The van der Waals surface area contributed by atoms with Gasteiger partial charge in [-0.2, -0.15) is 13.2 Å². The number of rotatable bonds is 3. The molecule has 0 saturated carbocycles. The fraction of sp³-hybridized carbons (Fsp3) is 0.364. The fourth-order valence-corrected chi connectivity index (χ4v) is 1.36. The number of hydrogen-bond acceptors (Lipinski definition) is 3. The SMILES string of the molecule is CN(C)c1cc([C@H](O)C(=O)O)cc(C(F)(F)F)c1. The Kier molecular flexibility index (Phi) is 3.85. The predicted molar refractivity (Wildman–Crippen MR) is 58.4 cm³/mol. The Hall–Kier alpha value is -1.76. The van der Waals surface area contributed by atoms with Crippen LogP contribution in [0, 0.1) is 0 Å². The molecule has 4 nitrogen and oxygen atoms in total. The molecule has 100 valence electrons. The number of aliphatic hydroxyl groups excluding tert-OH is 1. The van der Waals surface area contributed by atoms with Crippen LogP contribution in [0.2, 0.25) is 0 Å². The Morgan fingerprint density at radius 1 is 1.28 bits per heavy atom. The Bertz CT molecular complexity index is 457. The van der Waals surface area contributed by atoms with Crippen molar-refractivity contribution in [3.8, 4) is 0 Å². The van der Waals surface area contributed by atoms with Crippen molar-refractivity contribution >= 4 is 11.7 Å². The van der Waals surface area contributed by atoms with Crippen molar-refractivity contribution < 1.29 is 28.2 Å². The second-order valence-corrected chi connectivity index (χ2v) is 3.95. The molecule has 0 amide bonds. The maximum atomic E-state index is 12.6. The molecular formula is C11H12F3NO3. The van der Waals surface area contributed by atoms with E-state index in [2.05, 4.69) is 0 Å². The molecule has 0 spiro atoms. The molecule has 0 aliphatic carbocycles. The first-order valence-electron chi connectivity index (χ1n) is 4.93. The van der Waals surface area contributed by atoms with Gasteiger partial charge in [0.05, 0.1) is 5.56 Å². The van der Waals surface area contributed by atoms with Crippen LogP contribution in [0.15, 0.2) is 18.2 Å². The summed E-state index contributed by atoms with van der Waals surface area (Å²) >= 11 is 0. The average molecular weight is 263 g/mol. The molecule has 0 aliphatic heterocycles. The molecule has 18 heavy (non-hydrogen) atoms. The van der Waals surface area contributed by atoms with Gasteiger partial charge in [0.25, 0.3) is 0 Å². The first-order valence-corrected chi connectivity index (χ1v) is 4.93. The highest BCUT2D eigenvalue weighted by Gasteiger charge is 2.32. The van der Waals surface area contributed by atoms with E-state index in [1.54, 1.807) is 0 Å². The van der Waals surface area contributed by atoms with Crippen molar-refractivity contribution in [3.05, 3.63) is 29.3 Å². The van der Waals surface area contributed by atoms with Crippen LogP contribution in [0.25, 0.3) is 0 Å². The summed E-state index contributed by atoms with van der Waals surface area (Å²) in [5.41, 5.74) is -1.13. The number of carbonyl (C=O) groups is 1. The Labute approximate surface area is 101 Å². The quantitative estimate of drug-likeness (QED) is 0.874. The van der Waals surface area contributed by atoms with Crippen LogP contribution < -0.4 is 4.90 Å². The van der Waals surface area contributed by atoms with Gasteiger partial charge in [-0.05, 0) is 23.8 Å². The lowest BCUT2D eigenvalue weighted by Gasteiger charge is -2.18. The van der Waals surface area contributed by atoms with Crippen LogP contribution in [-0.4, -0.2) is 30.3 Å². The van der Waals surface area contributed by atoms with Gasteiger partial charge in [0.1, 0.15) is 0 Å². The van der Waals surface area contributed by atoms with Crippen LogP contribution in [0.3, 0.4) is 0 Å². The summed E-state index contributed by atoms with van der Waals surface area (Å²) in [6.45, 7) is 0. The van der Waals surface area contributed by atoms with Crippen molar-refractivity contribution in [2.24, 2.45) is 0 Å². The monoisotopic (exact) mass is 263 g/mol. The molecule has 0 aromatic heterocycles. The highest BCUT2D eigenvalue weighted by molar-refractivity contribution is 5.75. The number of anilines is 1. The second kappa shape index (κ2) is 4.85. The van der Waals surface area contributed by atoms with Gasteiger partial charge in [-0.1, -0.05) is 0 Å². The third kappa shape index (κ3) is 3.13. The summed E-state index contributed by atoms with van der Waals surface area (Å²) in [5, 5.41) is 17.9. The fourth-order valence-electron chi connectivity index (χ4n) is 1.36. The molecule has 0 aliphatic rings. The minimum atomic E-state index is -4.60. The predicted octanol–water partition coefficient (Wildman–Crippen LogP) is 1.89. The van der Waals surface area contributed by atoms with Gasteiger partial charge < -0.3 is 15.1 Å². The number of nitrogens with zero attached hydrogens (tertiary/aromatic N) is 1. The van der Waals surface area contributed by atoms with Gasteiger partial charge in [0, 0.05) is 19.8 Å². The van der Waals surface area contributed by atoms with Crippen molar-refractivity contribution in [2.75, 3.05) is 19.0 Å². The van der Waals surface area contributed by atoms with E-state index in [-0.39, 0.29) is 11.3 Å². The first-order chi connectivity index (χ1) is 8.12. The summed E-state index contributed by atoms with van der Waals surface area (Å²) in [6, 6.07) is 2.72. The molecule has 0 saturated heterocycles. The van der Waals surface area contributed by atoms with Crippen LogP contribution in [0.4, 0.5) is 18.9 Å². The van der Waals surface area contributed by atoms with Gasteiger partial charge >= 0.3 is 12.1 Å². The molecule has 0 bridgehead atoms. The lowest BCUT2D eigenvalue weighted by molar-refractivity contribution is -0.147. The average Bonchev–Trinajstić information content (AvgIpc) is 2.26. The van der Waals surface area contributed by atoms with E-state index in [4.69, 9.17) is 5.11 Å². The van der Waals surface area contributed by atoms with Gasteiger partial charge in [0.2, 0.25) is 0 Å². The van der Waals surface area contributed by atoms with Crippen molar-refractivity contribution in [3.63, 3.8) is 0 Å². The van der Waals surface area contributed by atoms with E-state index in [0.29, 0.717) is 6.07 Å². The van der Waals surface area contributed by atoms with Crippen LogP contribution in [0.5, 0.6) is 0 Å². The Morgan fingerprint density at radius 2 is 1.83 bits per heavy atom. The van der Waals surface area contributed by atoms with Gasteiger partial charge in [-0.25, -0.2) is 4.79 Å². The summed E-state index contributed by atoms with van der Waals surface area (Å²) in [7, 11) is 3.04. The molecule has 1 rings (SSSR count). The molecule has 0 radical (unpaired) electrons. The molecule has 0 fully saturated rings. The van der Waals surface area contributed by atoms with Crippen molar-refractivity contribution in [2.45, 2.75) is 12.3 Å². The maximum absolute atomic E-state index is 12.6. The Balaban J connectivity index is 3.36. The van der Waals surface area contributed by atoms with E-state index in [9.17, 15) is 23.1 Å². The first kappa shape index (κ1) is 14.3. The van der Waals surface area contributed by atoms with E-state index >= 15 is 0 Å². The summed E-state index contributed by atoms with van der Waals surface area (Å²) in [6.07, 6.45) is -6.58. The summed E-state index contributed by atoms with van der Waals surface area (Å²) < 4.78 is 37.9. The number of halogens is 3. The van der Waals surface area contributed by atoms with Crippen molar-refractivity contribution in [1.82, 2.24) is 0 Å². The summed E-state index contributed by atoms with van der Waals surface area (Å²) in [5.74, 6) is -1.60.